The maximum Gasteiger partial charge on any atom is 0.251 e. The molecule has 0 saturated heterocycles. The second-order valence-corrected chi connectivity index (χ2v) is 8.60. The lowest BCUT2D eigenvalue weighted by molar-refractivity contribution is 0.0919. The minimum Gasteiger partial charge on any atom is -0.366 e. The predicted molar refractivity (Wildman–Crippen MR) is 125 cm³/mol. The number of rotatable bonds is 5. The van der Waals surface area contributed by atoms with Crippen LogP contribution in [0.15, 0.2) is 60.8 Å². The lowest BCUT2D eigenvalue weighted by atomic mass is 10.0. The number of nitrogens with zero attached hydrogens (tertiary/aromatic N) is 3. The fourth-order valence-electron chi connectivity index (χ4n) is 3.29. The Morgan fingerprint density at radius 1 is 1.12 bits per heavy atom. The van der Waals surface area contributed by atoms with Crippen LogP contribution < -0.4 is 16.1 Å². The van der Waals surface area contributed by atoms with Crippen molar-refractivity contribution in [1.82, 2.24) is 19.9 Å². The molecule has 0 bridgehead atoms. The van der Waals surface area contributed by atoms with Gasteiger partial charge in [-0.1, -0.05) is 24.3 Å². The molecular weight excluding hydrogens is 404 g/mol. The Morgan fingerprint density at radius 3 is 2.53 bits per heavy atom. The second kappa shape index (κ2) is 8.46. The Balaban J connectivity index is 1.58. The van der Waals surface area contributed by atoms with Crippen LogP contribution in [-0.2, 0) is 6.54 Å². The summed E-state index contributed by atoms with van der Waals surface area (Å²) >= 11 is 0. The molecule has 0 saturated carbocycles. The number of halogens is 1. The van der Waals surface area contributed by atoms with Gasteiger partial charge in [0, 0.05) is 35.5 Å². The molecule has 4 rings (SSSR count). The zero-order valence-electron chi connectivity index (χ0n) is 18.2. The van der Waals surface area contributed by atoms with Crippen LogP contribution in [0.5, 0.6) is 0 Å². The van der Waals surface area contributed by atoms with Gasteiger partial charge in [-0.3, -0.25) is 4.79 Å². The largest absolute Gasteiger partial charge is 0.366 e. The summed E-state index contributed by atoms with van der Waals surface area (Å²) in [5.41, 5.74) is 2.95. The number of hydrogen-bond acceptors (Lipinski definition) is 4. The smallest absolute Gasteiger partial charge is 0.251 e. The summed E-state index contributed by atoms with van der Waals surface area (Å²) in [5, 5.41) is 10.5. The van der Waals surface area contributed by atoms with Gasteiger partial charge in [-0.2, -0.15) is 9.61 Å². The van der Waals surface area contributed by atoms with Gasteiger partial charge in [-0.15, -0.1) is 0 Å². The standard InChI is InChI=1S/C24H23BFN5O/c1-24(2,3)30-23(32)16-10-8-15(9-11-16)13-27-21-12-20(17-6-4-5-7-19(17)26)29-22-18(25)14-28-31(21)22/h4-12,14,27H,13H2,1-3H3,(H,30,32). The van der Waals surface area contributed by atoms with Crippen molar-refractivity contribution in [2.45, 2.75) is 32.9 Å². The van der Waals surface area contributed by atoms with Gasteiger partial charge in [0.25, 0.3) is 5.91 Å². The molecule has 6 nitrogen and oxygen atoms in total. The van der Waals surface area contributed by atoms with Crippen molar-refractivity contribution in [1.29, 1.82) is 0 Å². The molecule has 8 heteroatoms. The van der Waals surface area contributed by atoms with E-state index in [0.717, 1.165) is 5.56 Å². The summed E-state index contributed by atoms with van der Waals surface area (Å²) in [4.78, 5) is 16.8. The predicted octanol–water partition coefficient (Wildman–Crippen LogP) is 3.47. The van der Waals surface area contributed by atoms with Crippen molar-refractivity contribution in [3.05, 3.63) is 77.7 Å². The quantitative estimate of drug-likeness (QED) is 0.479. The number of hydrogen-bond donors (Lipinski definition) is 2. The molecule has 0 spiro atoms. The highest BCUT2D eigenvalue weighted by Gasteiger charge is 2.16. The molecular formula is C24H23BFN5O. The molecule has 0 aliphatic carbocycles. The Labute approximate surface area is 187 Å². The Bertz CT molecular complexity index is 1280. The summed E-state index contributed by atoms with van der Waals surface area (Å²) in [6.45, 7) is 6.29. The minimum atomic E-state index is -0.363. The third-order valence-electron chi connectivity index (χ3n) is 4.83. The highest BCUT2D eigenvalue weighted by atomic mass is 19.1. The molecule has 32 heavy (non-hydrogen) atoms. The van der Waals surface area contributed by atoms with Crippen molar-refractivity contribution in [2.75, 3.05) is 5.32 Å². The van der Waals surface area contributed by atoms with Crippen molar-refractivity contribution >= 4 is 30.7 Å². The maximum atomic E-state index is 14.3. The SMILES string of the molecule is [B]c1cnn2c(NCc3ccc(C(=O)NC(C)(C)C)cc3)cc(-c3ccccc3F)nc12. The molecule has 0 fully saturated rings. The van der Waals surface area contributed by atoms with E-state index in [0.29, 0.717) is 40.3 Å². The van der Waals surface area contributed by atoms with Crippen LogP contribution in [0.3, 0.4) is 0 Å². The van der Waals surface area contributed by atoms with Crippen LogP contribution >= 0.6 is 0 Å². The van der Waals surface area contributed by atoms with Crippen LogP contribution in [-0.4, -0.2) is 33.9 Å². The van der Waals surface area contributed by atoms with Gasteiger partial charge in [0.2, 0.25) is 0 Å². The molecule has 160 valence electrons. The fraction of sp³-hybridized carbons (Fsp3) is 0.208. The minimum absolute atomic E-state index is 0.116. The van der Waals surface area contributed by atoms with Gasteiger partial charge in [0.05, 0.1) is 5.69 Å². The number of anilines is 1. The second-order valence-electron chi connectivity index (χ2n) is 8.60. The molecule has 0 aliphatic heterocycles. The van der Waals surface area contributed by atoms with E-state index in [1.165, 1.54) is 12.3 Å². The van der Waals surface area contributed by atoms with Crippen molar-refractivity contribution < 1.29 is 9.18 Å². The fourth-order valence-corrected chi connectivity index (χ4v) is 3.29. The molecule has 2 heterocycles. The Morgan fingerprint density at radius 2 is 1.84 bits per heavy atom. The van der Waals surface area contributed by atoms with E-state index in [-0.39, 0.29) is 17.3 Å². The normalized spacial score (nSPS) is 11.5. The molecule has 2 aromatic carbocycles. The van der Waals surface area contributed by atoms with Crippen LogP contribution in [0.25, 0.3) is 16.9 Å². The topological polar surface area (TPSA) is 71.3 Å². The molecule has 4 aromatic rings. The maximum absolute atomic E-state index is 14.3. The summed E-state index contributed by atoms with van der Waals surface area (Å²) in [6.07, 6.45) is 1.52. The number of fused-ring (bicyclic) bond motifs is 1. The number of carbonyl (C=O) groups is 1. The van der Waals surface area contributed by atoms with E-state index in [4.69, 9.17) is 7.85 Å². The van der Waals surface area contributed by atoms with Crippen LogP contribution in [0, 0.1) is 5.82 Å². The average molecular weight is 427 g/mol. The van der Waals surface area contributed by atoms with E-state index in [9.17, 15) is 9.18 Å². The number of nitrogens with one attached hydrogen (secondary N) is 2. The van der Waals surface area contributed by atoms with Crippen LogP contribution in [0.1, 0.15) is 36.7 Å². The van der Waals surface area contributed by atoms with E-state index in [1.807, 2.05) is 32.9 Å². The third kappa shape index (κ3) is 4.64. The van der Waals surface area contributed by atoms with E-state index >= 15 is 0 Å². The lowest BCUT2D eigenvalue weighted by Gasteiger charge is -2.20. The molecule has 2 N–H and O–H groups in total. The number of amides is 1. The highest BCUT2D eigenvalue weighted by molar-refractivity contribution is 6.36. The number of aromatic nitrogens is 3. The molecule has 2 aromatic heterocycles. The zero-order chi connectivity index (χ0) is 22.9. The number of carbonyl (C=O) groups excluding carboxylic acids is 1. The Kier molecular flexibility index (Phi) is 5.69. The van der Waals surface area contributed by atoms with Gasteiger partial charge >= 0.3 is 0 Å². The highest BCUT2D eigenvalue weighted by Crippen LogP contribution is 2.24. The molecule has 0 atom stereocenters. The van der Waals surface area contributed by atoms with E-state index in [2.05, 4.69) is 20.7 Å². The van der Waals surface area contributed by atoms with Gasteiger partial charge in [-0.25, -0.2) is 9.37 Å². The number of benzene rings is 2. The summed E-state index contributed by atoms with van der Waals surface area (Å²) in [6, 6.07) is 15.5. The van der Waals surface area contributed by atoms with E-state index < -0.39 is 0 Å². The first kappa shape index (κ1) is 21.6. The van der Waals surface area contributed by atoms with Crippen LogP contribution in [0.2, 0.25) is 0 Å². The van der Waals surface area contributed by atoms with Gasteiger partial charge in [-0.05, 0) is 56.1 Å². The van der Waals surface area contributed by atoms with Crippen molar-refractivity contribution in [3.63, 3.8) is 0 Å². The molecule has 1 amide bonds. The molecule has 2 radical (unpaired) electrons. The monoisotopic (exact) mass is 427 g/mol. The van der Waals surface area contributed by atoms with Crippen LogP contribution in [0.4, 0.5) is 10.2 Å². The van der Waals surface area contributed by atoms with Gasteiger partial charge in [0.15, 0.2) is 5.65 Å². The summed E-state index contributed by atoms with van der Waals surface area (Å²) in [5.74, 6) is 0.145. The Hall–Kier alpha value is -3.68. The van der Waals surface area contributed by atoms with Crippen molar-refractivity contribution in [2.24, 2.45) is 0 Å². The summed E-state index contributed by atoms with van der Waals surface area (Å²) < 4.78 is 15.9. The first-order chi connectivity index (χ1) is 15.2. The summed E-state index contributed by atoms with van der Waals surface area (Å²) in [7, 11) is 6.02. The first-order valence-electron chi connectivity index (χ1n) is 10.3. The van der Waals surface area contributed by atoms with Crippen molar-refractivity contribution in [3.8, 4) is 11.3 Å². The lowest BCUT2D eigenvalue weighted by Crippen LogP contribution is -2.40. The first-order valence-corrected chi connectivity index (χ1v) is 10.3. The average Bonchev–Trinajstić information content (AvgIpc) is 3.12. The molecule has 0 unspecified atom stereocenters. The third-order valence-corrected chi connectivity index (χ3v) is 4.83. The van der Waals surface area contributed by atoms with Gasteiger partial charge in [0.1, 0.15) is 19.5 Å². The molecule has 0 aliphatic rings. The zero-order valence-corrected chi connectivity index (χ0v) is 18.2. The van der Waals surface area contributed by atoms with Gasteiger partial charge < -0.3 is 10.6 Å². The van der Waals surface area contributed by atoms with E-state index in [1.54, 1.807) is 40.9 Å².